The molecule has 3 heteroatoms. The quantitative estimate of drug-likeness (QED) is 0.514. The van der Waals surface area contributed by atoms with Crippen LogP contribution in [0.25, 0.3) is 0 Å². The van der Waals surface area contributed by atoms with Gasteiger partial charge in [0.1, 0.15) is 0 Å². The average Bonchev–Trinajstić information content (AvgIpc) is 1.73. The molecule has 0 unspecified atom stereocenters. The molecule has 0 heterocycles. The Balaban J connectivity index is -0.0000000750. The standard InChI is InChI=1S/C4H10N.CH4S.W/c1-4-5(2)3;1-2;/h1,4H2,2-3H3;2H,1H3;/q-1;;+2/p-1. The van der Waals surface area contributed by atoms with Gasteiger partial charge in [-0.25, -0.2) is 0 Å². The molecule has 1 nitrogen and oxygen atoms in total. The Labute approximate surface area is 72.5 Å². The van der Waals surface area contributed by atoms with E-state index in [4.69, 9.17) is 0 Å². The van der Waals surface area contributed by atoms with Crippen molar-refractivity contribution in [3.8, 4) is 0 Å². The van der Waals surface area contributed by atoms with Gasteiger partial charge in [0.2, 0.25) is 0 Å². The first-order chi connectivity index (χ1) is 3.27. The van der Waals surface area contributed by atoms with Gasteiger partial charge in [-0.2, -0.15) is 6.26 Å². The molecule has 0 spiro atoms. The van der Waals surface area contributed by atoms with Crippen molar-refractivity contribution in [2.24, 2.45) is 0 Å². The molecule has 0 aromatic heterocycles. The van der Waals surface area contributed by atoms with E-state index in [1.807, 2.05) is 19.0 Å². The summed E-state index contributed by atoms with van der Waals surface area (Å²) in [7, 11) is 3.99. The second-order valence-corrected chi connectivity index (χ2v) is 1.30. The largest absolute Gasteiger partial charge is 2.00 e. The molecule has 8 heavy (non-hydrogen) atoms. The zero-order valence-corrected chi connectivity index (χ0v) is 9.43. The minimum absolute atomic E-state index is 0. The Bertz CT molecular complexity index is 26.4. The maximum Gasteiger partial charge on any atom is 2.00 e. The summed E-state index contributed by atoms with van der Waals surface area (Å²) in [5, 5.41) is 0. The first-order valence-corrected chi connectivity index (χ1v) is 2.94. The Hall–Kier alpha value is 0.998. The molecule has 0 aliphatic rings. The third-order valence-electron chi connectivity index (χ3n) is 0.447. The van der Waals surface area contributed by atoms with Gasteiger partial charge in [0.25, 0.3) is 0 Å². The minimum Gasteiger partial charge on any atom is -0.796 e. The molecule has 0 atom stereocenters. The summed E-state index contributed by atoms with van der Waals surface area (Å²) in [6, 6.07) is 0. The third kappa shape index (κ3) is 28.0. The molecule has 0 aliphatic carbocycles. The molecular weight excluding hydrogens is 290 g/mol. The van der Waals surface area contributed by atoms with Crippen molar-refractivity contribution in [2.75, 3.05) is 26.9 Å². The summed E-state index contributed by atoms with van der Waals surface area (Å²) < 4.78 is 0. The van der Waals surface area contributed by atoms with Gasteiger partial charge < -0.3 is 24.5 Å². The van der Waals surface area contributed by atoms with E-state index in [-0.39, 0.29) is 21.1 Å². The predicted octanol–water partition coefficient (Wildman–Crippen LogP) is 0.543. The van der Waals surface area contributed by atoms with E-state index in [9.17, 15) is 0 Å². The van der Waals surface area contributed by atoms with Crippen molar-refractivity contribution in [1.82, 2.24) is 4.90 Å². The van der Waals surface area contributed by atoms with Crippen molar-refractivity contribution < 1.29 is 21.1 Å². The maximum atomic E-state index is 4.08. The molecular formula is C5H13NSW. The van der Waals surface area contributed by atoms with Crippen LogP contribution in [0.3, 0.4) is 0 Å². The molecule has 50 valence electrons. The van der Waals surface area contributed by atoms with Gasteiger partial charge in [0.15, 0.2) is 0 Å². The van der Waals surface area contributed by atoms with Gasteiger partial charge in [-0.05, 0) is 14.1 Å². The molecule has 0 bridgehead atoms. The first kappa shape index (κ1) is 16.0. The van der Waals surface area contributed by atoms with Crippen molar-refractivity contribution in [1.29, 1.82) is 0 Å². The van der Waals surface area contributed by atoms with Crippen LogP contribution in [-0.2, 0) is 33.7 Å². The van der Waals surface area contributed by atoms with Gasteiger partial charge >= 0.3 is 21.1 Å². The molecule has 0 amide bonds. The monoisotopic (exact) mass is 303 g/mol. The number of hydrogen-bond donors (Lipinski definition) is 0. The van der Waals surface area contributed by atoms with Gasteiger partial charge in [0.05, 0.1) is 0 Å². The molecule has 0 rings (SSSR count). The van der Waals surface area contributed by atoms with Crippen LogP contribution in [0.5, 0.6) is 0 Å². The second kappa shape index (κ2) is 15.7. The molecule has 0 N–H and O–H groups in total. The smallest absolute Gasteiger partial charge is 0.796 e. The molecule has 0 radical (unpaired) electrons. The maximum absolute atomic E-state index is 4.08. The summed E-state index contributed by atoms with van der Waals surface area (Å²) in [6.45, 7) is 4.50. The third-order valence-corrected chi connectivity index (χ3v) is 0.447. The van der Waals surface area contributed by atoms with Crippen LogP contribution in [0.15, 0.2) is 0 Å². The SMILES string of the molecule is C[S-].[CH2-]CN(C)C.[W+2]. The summed E-state index contributed by atoms with van der Waals surface area (Å²) in [4.78, 5) is 2.01. The molecule has 0 saturated heterocycles. The number of hydrogen-bond acceptors (Lipinski definition) is 2. The fourth-order valence-electron chi connectivity index (χ4n) is 0. The Morgan fingerprint density at radius 3 is 1.50 bits per heavy atom. The Morgan fingerprint density at radius 1 is 1.38 bits per heavy atom. The van der Waals surface area contributed by atoms with Gasteiger partial charge in [-0.3, -0.25) is 0 Å². The van der Waals surface area contributed by atoms with Crippen LogP contribution in [0, 0.1) is 6.92 Å². The van der Waals surface area contributed by atoms with E-state index in [1.165, 1.54) is 0 Å². The topological polar surface area (TPSA) is 3.24 Å². The zero-order chi connectivity index (χ0) is 6.28. The molecule has 0 fully saturated rings. The van der Waals surface area contributed by atoms with Crippen LogP contribution < -0.4 is 0 Å². The summed E-state index contributed by atoms with van der Waals surface area (Å²) in [5.41, 5.74) is 0. The van der Waals surface area contributed by atoms with Gasteiger partial charge in [-0.1, -0.05) is 0 Å². The van der Waals surface area contributed by atoms with E-state index in [0.29, 0.717) is 0 Å². The molecule has 0 aromatic carbocycles. The van der Waals surface area contributed by atoms with Crippen LogP contribution in [0.2, 0.25) is 0 Å². The van der Waals surface area contributed by atoms with E-state index < -0.39 is 0 Å². The number of nitrogens with zero attached hydrogens (tertiary/aromatic N) is 1. The first-order valence-electron chi connectivity index (χ1n) is 2.12. The van der Waals surface area contributed by atoms with Crippen LogP contribution in [0.4, 0.5) is 0 Å². The second-order valence-electron chi connectivity index (χ2n) is 1.30. The van der Waals surface area contributed by atoms with Crippen LogP contribution >= 0.6 is 0 Å². The summed E-state index contributed by atoms with van der Waals surface area (Å²) >= 11 is 4.08. The van der Waals surface area contributed by atoms with Crippen molar-refractivity contribution in [2.45, 2.75) is 0 Å². The van der Waals surface area contributed by atoms with Crippen molar-refractivity contribution >= 4 is 12.6 Å². The van der Waals surface area contributed by atoms with Crippen molar-refractivity contribution in [3.05, 3.63) is 6.92 Å². The van der Waals surface area contributed by atoms with E-state index in [0.717, 1.165) is 6.54 Å². The Kier molecular flexibility index (Phi) is 31.4. The zero-order valence-electron chi connectivity index (χ0n) is 5.68. The summed E-state index contributed by atoms with van der Waals surface area (Å²) in [6.07, 6.45) is 1.58. The fourth-order valence-corrected chi connectivity index (χ4v) is 0. The number of rotatable bonds is 1. The van der Waals surface area contributed by atoms with Gasteiger partial charge in [-0.15, -0.1) is 6.54 Å². The Morgan fingerprint density at radius 2 is 1.50 bits per heavy atom. The van der Waals surface area contributed by atoms with E-state index in [1.54, 1.807) is 6.26 Å². The molecule has 0 aliphatic heterocycles. The normalized spacial score (nSPS) is 6.75. The van der Waals surface area contributed by atoms with Crippen molar-refractivity contribution in [3.63, 3.8) is 0 Å². The van der Waals surface area contributed by atoms with E-state index >= 15 is 0 Å². The summed E-state index contributed by atoms with van der Waals surface area (Å²) in [5.74, 6) is 0. The van der Waals surface area contributed by atoms with Crippen LogP contribution in [0.1, 0.15) is 0 Å². The average molecular weight is 303 g/mol. The molecule has 0 saturated carbocycles. The van der Waals surface area contributed by atoms with Gasteiger partial charge in [0, 0.05) is 0 Å². The fraction of sp³-hybridized carbons (Fsp3) is 0.800. The molecule has 0 aromatic rings. The van der Waals surface area contributed by atoms with E-state index in [2.05, 4.69) is 19.6 Å². The predicted molar refractivity (Wildman–Crippen MR) is 37.2 cm³/mol. The minimum atomic E-state index is 0. The van der Waals surface area contributed by atoms with Crippen LogP contribution in [-0.4, -0.2) is 31.8 Å².